The van der Waals surface area contributed by atoms with E-state index in [1.165, 1.54) is 0 Å². The Kier molecular flexibility index (Phi) is 4.45. The van der Waals surface area contributed by atoms with E-state index >= 15 is 0 Å². The van der Waals surface area contributed by atoms with Gasteiger partial charge in [-0.2, -0.15) is 5.26 Å². The zero-order valence-corrected chi connectivity index (χ0v) is 13.3. The summed E-state index contributed by atoms with van der Waals surface area (Å²) in [6, 6.07) is 9.93. The van der Waals surface area contributed by atoms with E-state index in [4.69, 9.17) is 9.72 Å². The zero-order chi connectivity index (χ0) is 16.2. The lowest BCUT2D eigenvalue weighted by atomic mass is 10.1. The van der Waals surface area contributed by atoms with Gasteiger partial charge in [0.2, 0.25) is 0 Å². The molecule has 1 saturated heterocycles. The number of piperazine rings is 1. The van der Waals surface area contributed by atoms with Gasteiger partial charge >= 0.3 is 0 Å². The molecule has 118 valence electrons. The summed E-state index contributed by atoms with van der Waals surface area (Å²) in [5.41, 5.74) is 1.48. The molecule has 1 aliphatic heterocycles. The van der Waals surface area contributed by atoms with E-state index in [0.717, 1.165) is 55.2 Å². The Morgan fingerprint density at radius 2 is 2.09 bits per heavy atom. The number of ether oxygens (including phenoxy) is 1. The van der Waals surface area contributed by atoms with Gasteiger partial charge in [0.15, 0.2) is 0 Å². The minimum absolute atomic E-state index is 0.625. The van der Waals surface area contributed by atoms with Crippen molar-refractivity contribution in [3.63, 3.8) is 0 Å². The monoisotopic (exact) mass is 308 g/mol. The molecule has 0 saturated carbocycles. The van der Waals surface area contributed by atoms with Gasteiger partial charge in [0.1, 0.15) is 17.6 Å². The standard InChI is InChI=1S/C18H20N4O/c1-3-6-21-7-9-22(10-8-21)18-15(13-19)11-14-4-5-16(23-2)12-17(14)20-18/h3-5,11-12H,1,6-10H2,2H3. The molecule has 5 nitrogen and oxygen atoms in total. The number of aromatic nitrogens is 1. The average molecular weight is 308 g/mol. The molecule has 1 aliphatic rings. The third kappa shape index (κ3) is 3.13. The molecule has 0 bridgehead atoms. The van der Waals surface area contributed by atoms with Crippen molar-refractivity contribution in [2.75, 3.05) is 44.7 Å². The number of hydrogen-bond acceptors (Lipinski definition) is 5. The molecule has 0 amide bonds. The Morgan fingerprint density at radius 3 is 2.74 bits per heavy atom. The number of benzene rings is 1. The minimum Gasteiger partial charge on any atom is -0.497 e. The van der Waals surface area contributed by atoms with E-state index < -0.39 is 0 Å². The van der Waals surface area contributed by atoms with Gasteiger partial charge in [-0.1, -0.05) is 6.08 Å². The Balaban J connectivity index is 1.93. The fraction of sp³-hybridized carbons (Fsp3) is 0.333. The van der Waals surface area contributed by atoms with Crippen molar-refractivity contribution in [2.24, 2.45) is 0 Å². The number of fused-ring (bicyclic) bond motifs is 1. The smallest absolute Gasteiger partial charge is 0.147 e. The normalized spacial score (nSPS) is 15.4. The van der Waals surface area contributed by atoms with Crippen LogP contribution in [0.1, 0.15) is 5.56 Å². The predicted molar refractivity (Wildman–Crippen MR) is 91.9 cm³/mol. The van der Waals surface area contributed by atoms with Crippen LogP contribution in [0.4, 0.5) is 5.82 Å². The van der Waals surface area contributed by atoms with Gasteiger partial charge in [-0.05, 0) is 18.2 Å². The predicted octanol–water partition coefficient (Wildman–Crippen LogP) is 2.42. The molecule has 1 aromatic carbocycles. The van der Waals surface area contributed by atoms with Crippen LogP contribution in [0.5, 0.6) is 5.75 Å². The van der Waals surface area contributed by atoms with E-state index in [9.17, 15) is 5.26 Å². The Labute approximate surface area is 136 Å². The van der Waals surface area contributed by atoms with Crippen LogP contribution in [0.2, 0.25) is 0 Å². The topological polar surface area (TPSA) is 52.4 Å². The Hall–Kier alpha value is -2.58. The maximum atomic E-state index is 9.48. The summed E-state index contributed by atoms with van der Waals surface area (Å²) >= 11 is 0. The molecule has 3 rings (SSSR count). The molecule has 23 heavy (non-hydrogen) atoms. The van der Waals surface area contributed by atoms with E-state index in [-0.39, 0.29) is 0 Å². The van der Waals surface area contributed by atoms with Gasteiger partial charge in [-0.15, -0.1) is 6.58 Å². The summed E-state index contributed by atoms with van der Waals surface area (Å²) in [5.74, 6) is 1.54. The molecular weight excluding hydrogens is 288 g/mol. The van der Waals surface area contributed by atoms with E-state index in [1.807, 2.05) is 30.3 Å². The van der Waals surface area contributed by atoms with Crippen molar-refractivity contribution in [2.45, 2.75) is 0 Å². The van der Waals surface area contributed by atoms with Crippen molar-refractivity contribution in [1.29, 1.82) is 5.26 Å². The van der Waals surface area contributed by atoms with E-state index in [0.29, 0.717) is 5.56 Å². The first-order valence-corrected chi connectivity index (χ1v) is 7.72. The second-order valence-corrected chi connectivity index (χ2v) is 5.61. The number of nitriles is 1. The van der Waals surface area contributed by atoms with Crippen molar-refractivity contribution >= 4 is 16.7 Å². The number of pyridine rings is 1. The maximum Gasteiger partial charge on any atom is 0.147 e. The van der Waals surface area contributed by atoms with Crippen molar-refractivity contribution in [1.82, 2.24) is 9.88 Å². The highest BCUT2D eigenvalue weighted by molar-refractivity contribution is 5.84. The second-order valence-electron chi connectivity index (χ2n) is 5.61. The first-order valence-electron chi connectivity index (χ1n) is 7.72. The van der Waals surface area contributed by atoms with Crippen LogP contribution < -0.4 is 9.64 Å². The molecule has 5 heteroatoms. The molecular formula is C18H20N4O. The SMILES string of the molecule is C=CCN1CCN(c2nc3cc(OC)ccc3cc2C#N)CC1. The summed E-state index contributed by atoms with van der Waals surface area (Å²) in [5, 5.41) is 10.4. The molecule has 0 aliphatic carbocycles. The largest absolute Gasteiger partial charge is 0.497 e. The van der Waals surface area contributed by atoms with Crippen LogP contribution in [-0.4, -0.2) is 49.7 Å². The summed E-state index contributed by atoms with van der Waals surface area (Å²) in [4.78, 5) is 9.27. The molecule has 1 fully saturated rings. The molecule has 0 N–H and O–H groups in total. The first-order chi connectivity index (χ1) is 11.2. The Bertz CT molecular complexity index is 757. The third-order valence-corrected chi connectivity index (χ3v) is 4.18. The van der Waals surface area contributed by atoms with Crippen LogP contribution >= 0.6 is 0 Å². The van der Waals surface area contributed by atoms with Gasteiger partial charge in [0.05, 0.1) is 18.2 Å². The van der Waals surface area contributed by atoms with Crippen LogP contribution in [0.3, 0.4) is 0 Å². The lowest BCUT2D eigenvalue weighted by Gasteiger charge is -2.35. The lowest BCUT2D eigenvalue weighted by Crippen LogP contribution is -2.46. The molecule has 0 atom stereocenters. The van der Waals surface area contributed by atoms with Gasteiger partial charge in [0, 0.05) is 44.2 Å². The Morgan fingerprint density at radius 1 is 1.30 bits per heavy atom. The molecule has 2 aromatic rings. The first kappa shape index (κ1) is 15.3. The van der Waals surface area contributed by atoms with Gasteiger partial charge in [0.25, 0.3) is 0 Å². The second kappa shape index (κ2) is 6.67. The number of anilines is 1. The molecule has 0 radical (unpaired) electrons. The number of methoxy groups -OCH3 is 1. The van der Waals surface area contributed by atoms with Crippen LogP contribution in [-0.2, 0) is 0 Å². The van der Waals surface area contributed by atoms with Crippen LogP contribution in [0.25, 0.3) is 10.9 Å². The van der Waals surface area contributed by atoms with Crippen molar-refractivity contribution < 1.29 is 4.74 Å². The number of hydrogen-bond donors (Lipinski definition) is 0. The quantitative estimate of drug-likeness (QED) is 0.812. The molecule has 2 heterocycles. The highest BCUT2D eigenvalue weighted by Crippen LogP contribution is 2.26. The van der Waals surface area contributed by atoms with Gasteiger partial charge < -0.3 is 9.64 Å². The highest BCUT2D eigenvalue weighted by atomic mass is 16.5. The van der Waals surface area contributed by atoms with Crippen molar-refractivity contribution in [3.05, 3.63) is 42.5 Å². The summed E-state index contributed by atoms with van der Waals surface area (Å²) < 4.78 is 5.27. The zero-order valence-electron chi connectivity index (χ0n) is 13.3. The molecule has 1 aromatic heterocycles. The average Bonchev–Trinajstić information content (AvgIpc) is 2.61. The maximum absolute atomic E-state index is 9.48. The number of nitrogens with zero attached hydrogens (tertiary/aromatic N) is 4. The summed E-state index contributed by atoms with van der Waals surface area (Å²) in [6.45, 7) is 8.33. The van der Waals surface area contributed by atoms with Gasteiger partial charge in [-0.3, -0.25) is 4.90 Å². The summed E-state index contributed by atoms with van der Waals surface area (Å²) in [6.07, 6.45) is 1.93. The molecule has 0 spiro atoms. The van der Waals surface area contributed by atoms with Crippen LogP contribution in [0, 0.1) is 11.3 Å². The lowest BCUT2D eigenvalue weighted by molar-refractivity contribution is 0.283. The minimum atomic E-state index is 0.625. The fourth-order valence-electron chi connectivity index (χ4n) is 2.91. The van der Waals surface area contributed by atoms with Gasteiger partial charge in [-0.25, -0.2) is 4.98 Å². The third-order valence-electron chi connectivity index (χ3n) is 4.18. The van der Waals surface area contributed by atoms with E-state index in [1.54, 1.807) is 7.11 Å². The summed E-state index contributed by atoms with van der Waals surface area (Å²) in [7, 11) is 1.64. The highest BCUT2D eigenvalue weighted by Gasteiger charge is 2.20. The fourth-order valence-corrected chi connectivity index (χ4v) is 2.91. The van der Waals surface area contributed by atoms with E-state index in [2.05, 4.69) is 22.4 Å². The molecule has 0 unspecified atom stereocenters. The van der Waals surface area contributed by atoms with Crippen LogP contribution in [0.15, 0.2) is 36.9 Å². The van der Waals surface area contributed by atoms with Crippen molar-refractivity contribution in [3.8, 4) is 11.8 Å². The number of rotatable bonds is 4.